The second-order valence-electron chi connectivity index (χ2n) is 9.64. The molecule has 6 heteroatoms. The molecule has 1 amide bonds. The molecule has 1 aliphatic rings. The van der Waals surface area contributed by atoms with E-state index in [1.807, 2.05) is 28.8 Å². The van der Waals surface area contributed by atoms with Gasteiger partial charge in [-0.25, -0.2) is 0 Å². The first kappa shape index (κ1) is 20.4. The first-order valence-corrected chi connectivity index (χ1v) is 13.9. The Bertz CT molecular complexity index is 1230. The van der Waals surface area contributed by atoms with Gasteiger partial charge in [-0.2, -0.15) is 0 Å². The van der Waals surface area contributed by atoms with Crippen molar-refractivity contribution in [1.82, 2.24) is 4.57 Å². The number of carbonyl (C=O) groups is 1. The van der Waals surface area contributed by atoms with Crippen molar-refractivity contribution in [2.75, 3.05) is 0 Å². The average molecular weight is 421 g/mol. The number of nitrogens with zero attached hydrogens (tertiary/aromatic N) is 1. The Morgan fingerprint density at radius 1 is 1.13 bits per heavy atom. The third-order valence-electron chi connectivity index (χ3n) is 6.46. The van der Waals surface area contributed by atoms with Crippen LogP contribution >= 0.6 is 0 Å². The Balaban J connectivity index is 2.13. The summed E-state index contributed by atoms with van der Waals surface area (Å²) in [5.74, 6) is -0.392. The van der Waals surface area contributed by atoms with E-state index < -0.39 is 14.0 Å². The quantitative estimate of drug-likeness (QED) is 0.630. The number of hydrogen-bond acceptors (Lipinski definition) is 3. The largest absolute Gasteiger partial charge is 0.508 e. The van der Waals surface area contributed by atoms with E-state index in [4.69, 9.17) is 5.73 Å². The third kappa shape index (κ3) is 3.06. The molecule has 0 atom stereocenters. The third-order valence-corrected chi connectivity index (χ3v) is 8.48. The van der Waals surface area contributed by atoms with Gasteiger partial charge in [0.2, 0.25) is 5.43 Å². The van der Waals surface area contributed by atoms with Crippen LogP contribution in [0.4, 0.5) is 0 Å². The minimum Gasteiger partial charge on any atom is -0.508 e. The van der Waals surface area contributed by atoms with E-state index in [9.17, 15) is 14.7 Å². The van der Waals surface area contributed by atoms with Gasteiger partial charge in [0, 0.05) is 17.1 Å². The summed E-state index contributed by atoms with van der Waals surface area (Å²) in [6.45, 7) is 8.83. The van der Waals surface area contributed by atoms with Gasteiger partial charge in [-0.05, 0) is 41.6 Å². The summed E-state index contributed by atoms with van der Waals surface area (Å²) in [6.07, 6.45) is 4.62. The first-order chi connectivity index (χ1) is 14.0. The fraction of sp³-hybridized carbons (Fsp3) is 0.333. The molecule has 5 nitrogen and oxygen atoms in total. The molecule has 1 saturated carbocycles. The number of nitrogens with two attached hydrogens (primary N) is 1. The Hall–Kier alpha value is -2.86. The van der Waals surface area contributed by atoms with Crippen LogP contribution in [0.1, 0.15) is 42.1 Å². The number of rotatable bonds is 4. The number of benzene rings is 2. The fourth-order valence-electron chi connectivity index (χ4n) is 4.59. The van der Waals surface area contributed by atoms with Crippen LogP contribution in [-0.4, -0.2) is 23.7 Å². The van der Waals surface area contributed by atoms with Crippen LogP contribution in [0.3, 0.4) is 0 Å². The molecule has 1 aliphatic carbocycles. The summed E-state index contributed by atoms with van der Waals surface area (Å²) in [5, 5.41) is 12.9. The molecule has 0 spiro atoms. The molecule has 0 bridgehead atoms. The normalized spacial score (nSPS) is 15.7. The molecule has 3 N–H and O–H groups in total. The lowest BCUT2D eigenvalue weighted by Crippen LogP contribution is -2.41. The first-order valence-electron chi connectivity index (χ1n) is 10.4. The molecule has 1 fully saturated rings. The zero-order chi connectivity index (χ0) is 21.8. The van der Waals surface area contributed by atoms with Crippen molar-refractivity contribution >= 4 is 30.1 Å². The summed E-state index contributed by atoms with van der Waals surface area (Å²) >= 11 is 0. The van der Waals surface area contributed by atoms with Crippen molar-refractivity contribution in [3.8, 4) is 11.4 Å². The van der Waals surface area contributed by atoms with E-state index in [1.54, 1.807) is 12.1 Å². The number of hydrogen-bond donors (Lipinski definition) is 2. The summed E-state index contributed by atoms with van der Waals surface area (Å²) < 4.78 is 1.85. The molecule has 0 unspecified atom stereocenters. The highest BCUT2D eigenvalue weighted by Crippen LogP contribution is 2.49. The van der Waals surface area contributed by atoms with Crippen molar-refractivity contribution in [2.24, 2.45) is 5.73 Å². The maximum atomic E-state index is 12.8. The zero-order valence-electron chi connectivity index (χ0n) is 18.0. The molecule has 1 aromatic heterocycles. The van der Waals surface area contributed by atoms with Gasteiger partial charge in [0.15, 0.2) is 0 Å². The van der Waals surface area contributed by atoms with Crippen LogP contribution in [0.2, 0.25) is 19.6 Å². The highest BCUT2D eigenvalue weighted by atomic mass is 28.3. The molecule has 30 heavy (non-hydrogen) atoms. The van der Waals surface area contributed by atoms with Crippen LogP contribution in [0, 0.1) is 0 Å². The van der Waals surface area contributed by atoms with Gasteiger partial charge >= 0.3 is 0 Å². The molecule has 1 heterocycles. The predicted octanol–water partition coefficient (Wildman–Crippen LogP) is 3.78. The Morgan fingerprint density at radius 2 is 1.80 bits per heavy atom. The summed E-state index contributed by atoms with van der Waals surface area (Å²) in [7, 11) is -1.78. The molecule has 0 radical (unpaired) electrons. The zero-order valence-corrected chi connectivity index (χ0v) is 19.0. The summed E-state index contributed by atoms with van der Waals surface area (Å²) in [6, 6.07) is 11.2. The Labute approximate surface area is 177 Å². The van der Waals surface area contributed by atoms with Crippen LogP contribution in [0.5, 0.6) is 5.75 Å². The summed E-state index contributed by atoms with van der Waals surface area (Å²) in [5.41, 5.74) is 7.36. The van der Waals surface area contributed by atoms with Crippen LogP contribution in [-0.2, 0) is 5.41 Å². The monoisotopic (exact) mass is 420 g/mol. The van der Waals surface area contributed by atoms with Crippen LogP contribution in [0.25, 0.3) is 16.6 Å². The molecular weight excluding hydrogens is 392 g/mol. The Kier molecular flexibility index (Phi) is 4.65. The lowest BCUT2D eigenvalue weighted by atomic mass is 9.65. The van der Waals surface area contributed by atoms with Gasteiger partial charge in [0.25, 0.3) is 5.91 Å². The van der Waals surface area contributed by atoms with Crippen molar-refractivity contribution in [2.45, 2.75) is 51.2 Å². The Morgan fingerprint density at radius 3 is 2.37 bits per heavy atom. The van der Waals surface area contributed by atoms with Crippen molar-refractivity contribution in [3.63, 3.8) is 0 Å². The second-order valence-corrected chi connectivity index (χ2v) is 14.7. The highest BCUT2D eigenvalue weighted by molar-refractivity contribution is 6.89. The van der Waals surface area contributed by atoms with Gasteiger partial charge in [0.1, 0.15) is 11.3 Å². The fourth-order valence-corrected chi connectivity index (χ4v) is 6.01. The lowest BCUT2D eigenvalue weighted by Gasteiger charge is -2.41. The van der Waals surface area contributed by atoms with E-state index in [0.29, 0.717) is 16.7 Å². The SMILES string of the molecule is CC1(c2c(-n3cc(C(N)=O)c(=O)c4ccccc43)ccc([Si](C)(C)C)c2O)CCC1. The second kappa shape index (κ2) is 6.84. The smallest absolute Gasteiger partial charge is 0.254 e. The van der Waals surface area contributed by atoms with Crippen molar-refractivity contribution in [3.05, 3.63) is 63.9 Å². The van der Waals surface area contributed by atoms with E-state index >= 15 is 0 Å². The highest BCUT2D eigenvalue weighted by Gasteiger charge is 2.40. The number of primary amides is 1. The van der Waals surface area contributed by atoms with Gasteiger partial charge in [-0.3, -0.25) is 9.59 Å². The predicted molar refractivity (Wildman–Crippen MR) is 124 cm³/mol. The van der Waals surface area contributed by atoms with Crippen LogP contribution in [0.15, 0.2) is 47.4 Å². The van der Waals surface area contributed by atoms with E-state index in [1.165, 1.54) is 6.20 Å². The van der Waals surface area contributed by atoms with Crippen LogP contribution < -0.4 is 16.3 Å². The molecule has 156 valence electrons. The van der Waals surface area contributed by atoms with E-state index in [2.05, 4.69) is 26.6 Å². The molecule has 4 rings (SSSR count). The molecular formula is C24H28N2O3Si. The van der Waals surface area contributed by atoms with Gasteiger partial charge < -0.3 is 15.4 Å². The van der Waals surface area contributed by atoms with Gasteiger partial charge in [0.05, 0.1) is 19.3 Å². The standard InChI is InChI=1S/C24H28N2O3Si/c1-24(12-7-13-24)20-18(10-11-19(22(20)28)30(2,3)4)26-14-16(23(25)29)21(27)15-8-5-6-9-17(15)26/h5-6,8-11,14,28H,7,12-13H2,1-4H3,(H2,25,29). The van der Waals surface area contributed by atoms with Crippen molar-refractivity contribution < 1.29 is 9.90 Å². The number of phenols is 1. The number of aromatic hydroxyl groups is 1. The molecule has 0 saturated heterocycles. The number of fused-ring (bicyclic) bond motifs is 1. The topological polar surface area (TPSA) is 85.3 Å². The number of pyridine rings is 1. The van der Waals surface area contributed by atoms with E-state index in [-0.39, 0.29) is 16.4 Å². The minimum atomic E-state index is -1.78. The maximum Gasteiger partial charge on any atom is 0.254 e. The molecule has 2 aromatic carbocycles. The maximum absolute atomic E-state index is 12.8. The minimum absolute atomic E-state index is 0.0489. The van der Waals surface area contributed by atoms with E-state index in [0.717, 1.165) is 35.7 Å². The number of phenolic OH excluding ortho intramolecular Hbond substituents is 1. The molecule has 3 aromatic rings. The van der Waals surface area contributed by atoms with Gasteiger partial charge in [-0.1, -0.05) is 51.2 Å². The van der Waals surface area contributed by atoms with Crippen molar-refractivity contribution in [1.29, 1.82) is 0 Å². The summed E-state index contributed by atoms with van der Waals surface area (Å²) in [4.78, 5) is 24.8. The number of carbonyl (C=O) groups excluding carboxylic acids is 1. The van der Waals surface area contributed by atoms with Gasteiger partial charge in [-0.15, -0.1) is 0 Å². The molecule has 0 aliphatic heterocycles. The lowest BCUT2D eigenvalue weighted by molar-refractivity contribution is 0.0999. The number of para-hydroxylation sites is 1. The number of amides is 1. The average Bonchev–Trinajstić information content (AvgIpc) is 2.65. The number of aromatic nitrogens is 1.